The Morgan fingerprint density at radius 2 is 2.64 bits per heavy atom. The lowest BCUT2D eigenvalue weighted by molar-refractivity contribution is 0.0727. The van der Waals surface area contributed by atoms with Crippen LogP contribution in [0.1, 0.15) is 36.7 Å². The highest BCUT2D eigenvalue weighted by Crippen LogP contribution is 2.21. The van der Waals surface area contributed by atoms with Crippen LogP contribution in [0.4, 0.5) is 0 Å². The van der Waals surface area contributed by atoms with Crippen molar-refractivity contribution in [3.63, 3.8) is 0 Å². The van der Waals surface area contributed by atoms with Crippen LogP contribution < -0.4 is 0 Å². The van der Waals surface area contributed by atoms with Crippen molar-refractivity contribution in [2.45, 2.75) is 32.2 Å². The number of hydrogen-bond acceptors (Lipinski definition) is 3. The molecule has 76 valence electrons. The smallest absolute Gasteiger partial charge is 0.276 e. The number of H-pyrrole nitrogens is 1. The minimum absolute atomic E-state index is 0.00287. The SMILES string of the molecule is CCC1CCCN1C(=O)c1cn[nH]n1. The Morgan fingerprint density at radius 1 is 1.79 bits per heavy atom. The number of hydrogen-bond donors (Lipinski definition) is 1. The lowest BCUT2D eigenvalue weighted by Gasteiger charge is -2.22. The molecule has 1 N–H and O–H groups in total. The standard InChI is InChI=1S/C9H14N4O/c1-2-7-4-3-5-13(7)9(14)8-6-10-12-11-8/h6-7H,2-5H2,1H3,(H,10,11,12). The Morgan fingerprint density at radius 3 is 3.29 bits per heavy atom. The minimum atomic E-state index is 0.00287. The zero-order valence-electron chi connectivity index (χ0n) is 8.23. The lowest BCUT2D eigenvalue weighted by Crippen LogP contribution is -2.35. The molecule has 1 aromatic rings. The number of amides is 1. The number of carbonyl (C=O) groups is 1. The number of aromatic amines is 1. The Bertz CT molecular complexity index is 309. The van der Waals surface area contributed by atoms with Gasteiger partial charge in [0.1, 0.15) is 0 Å². The van der Waals surface area contributed by atoms with E-state index in [4.69, 9.17) is 0 Å². The molecule has 0 aromatic carbocycles. The number of nitrogens with one attached hydrogen (secondary N) is 1. The van der Waals surface area contributed by atoms with Gasteiger partial charge in [-0.1, -0.05) is 6.92 Å². The van der Waals surface area contributed by atoms with Crippen molar-refractivity contribution in [2.75, 3.05) is 6.54 Å². The molecule has 1 atom stereocenters. The topological polar surface area (TPSA) is 61.9 Å². The van der Waals surface area contributed by atoms with E-state index in [1.54, 1.807) is 0 Å². The number of nitrogens with zero attached hydrogens (tertiary/aromatic N) is 3. The monoisotopic (exact) mass is 194 g/mol. The van der Waals surface area contributed by atoms with Crippen LogP contribution in [-0.2, 0) is 0 Å². The van der Waals surface area contributed by atoms with Crippen LogP contribution in [-0.4, -0.2) is 38.8 Å². The second kappa shape index (κ2) is 3.77. The summed E-state index contributed by atoms with van der Waals surface area (Å²) in [6.45, 7) is 2.96. The van der Waals surface area contributed by atoms with Crippen molar-refractivity contribution in [1.29, 1.82) is 0 Å². The van der Waals surface area contributed by atoms with Gasteiger partial charge in [0.2, 0.25) is 0 Å². The summed E-state index contributed by atoms with van der Waals surface area (Å²) in [5.74, 6) is 0.00287. The van der Waals surface area contributed by atoms with Gasteiger partial charge in [-0.25, -0.2) is 0 Å². The molecule has 14 heavy (non-hydrogen) atoms. The van der Waals surface area contributed by atoms with Crippen molar-refractivity contribution >= 4 is 5.91 Å². The van der Waals surface area contributed by atoms with Crippen LogP contribution in [0.2, 0.25) is 0 Å². The van der Waals surface area contributed by atoms with Gasteiger partial charge in [-0.3, -0.25) is 4.79 Å². The van der Waals surface area contributed by atoms with E-state index in [1.807, 2.05) is 4.90 Å². The average molecular weight is 194 g/mol. The van der Waals surface area contributed by atoms with Gasteiger partial charge in [0, 0.05) is 12.6 Å². The summed E-state index contributed by atoms with van der Waals surface area (Å²) < 4.78 is 0. The molecular formula is C9H14N4O. The average Bonchev–Trinajstić information content (AvgIpc) is 2.87. The fourth-order valence-corrected chi connectivity index (χ4v) is 1.98. The van der Waals surface area contributed by atoms with Gasteiger partial charge < -0.3 is 4.90 Å². The van der Waals surface area contributed by atoms with E-state index in [2.05, 4.69) is 22.3 Å². The largest absolute Gasteiger partial charge is 0.334 e. The minimum Gasteiger partial charge on any atom is -0.334 e. The summed E-state index contributed by atoms with van der Waals surface area (Å²) in [6.07, 6.45) is 4.71. The summed E-state index contributed by atoms with van der Waals surface area (Å²) >= 11 is 0. The van der Waals surface area contributed by atoms with Gasteiger partial charge in [0.25, 0.3) is 5.91 Å². The van der Waals surface area contributed by atoms with Crippen molar-refractivity contribution in [3.05, 3.63) is 11.9 Å². The zero-order valence-corrected chi connectivity index (χ0v) is 8.23. The van der Waals surface area contributed by atoms with E-state index in [0.717, 1.165) is 25.8 Å². The quantitative estimate of drug-likeness (QED) is 0.758. The van der Waals surface area contributed by atoms with Crippen LogP contribution in [0.15, 0.2) is 6.20 Å². The lowest BCUT2D eigenvalue weighted by atomic mass is 10.1. The molecule has 5 heteroatoms. The third kappa shape index (κ3) is 1.49. The predicted molar refractivity (Wildman–Crippen MR) is 50.7 cm³/mol. The van der Waals surface area contributed by atoms with Crippen molar-refractivity contribution in [1.82, 2.24) is 20.3 Å². The first kappa shape index (κ1) is 9.18. The number of carbonyl (C=O) groups excluding carboxylic acids is 1. The van der Waals surface area contributed by atoms with Crippen LogP contribution in [0.5, 0.6) is 0 Å². The van der Waals surface area contributed by atoms with Gasteiger partial charge in [-0.15, -0.1) is 0 Å². The first-order chi connectivity index (χ1) is 6.83. The van der Waals surface area contributed by atoms with Crippen molar-refractivity contribution in [2.24, 2.45) is 0 Å². The fraction of sp³-hybridized carbons (Fsp3) is 0.667. The molecule has 0 spiro atoms. The fourth-order valence-electron chi connectivity index (χ4n) is 1.98. The molecule has 2 rings (SSSR count). The second-order valence-corrected chi connectivity index (χ2v) is 3.56. The molecule has 0 aliphatic carbocycles. The molecule has 1 aromatic heterocycles. The third-order valence-corrected chi connectivity index (χ3v) is 2.74. The molecule has 1 saturated heterocycles. The Labute approximate surface area is 82.5 Å². The maximum absolute atomic E-state index is 11.9. The third-order valence-electron chi connectivity index (χ3n) is 2.74. The van der Waals surface area contributed by atoms with Crippen LogP contribution in [0.25, 0.3) is 0 Å². The van der Waals surface area contributed by atoms with E-state index < -0.39 is 0 Å². The van der Waals surface area contributed by atoms with Crippen molar-refractivity contribution in [3.8, 4) is 0 Å². The molecule has 5 nitrogen and oxygen atoms in total. The van der Waals surface area contributed by atoms with E-state index in [-0.39, 0.29) is 5.91 Å². The van der Waals surface area contributed by atoms with E-state index in [9.17, 15) is 4.79 Å². The van der Waals surface area contributed by atoms with Crippen molar-refractivity contribution < 1.29 is 4.79 Å². The normalized spacial score (nSPS) is 21.5. The van der Waals surface area contributed by atoms with Gasteiger partial charge >= 0.3 is 0 Å². The Kier molecular flexibility index (Phi) is 2.47. The molecule has 1 unspecified atom stereocenters. The molecule has 1 aliphatic rings. The Hall–Kier alpha value is -1.39. The number of aromatic nitrogens is 3. The zero-order chi connectivity index (χ0) is 9.97. The molecule has 2 heterocycles. The van der Waals surface area contributed by atoms with Gasteiger partial charge in [0.15, 0.2) is 5.69 Å². The Balaban J connectivity index is 2.11. The maximum atomic E-state index is 11.9. The number of rotatable bonds is 2. The first-order valence-corrected chi connectivity index (χ1v) is 4.99. The number of likely N-dealkylation sites (tertiary alicyclic amines) is 1. The highest BCUT2D eigenvalue weighted by Gasteiger charge is 2.28. The first-order valence-electron chi connectivity index (χ1n) is 4.99. The highest BCUT2D eigenvalue weighted by atomic mass is 16.2. The van der Waals surface area contributed by atoms with Gasteiger partial charge in [-0.05, 0) is 19.3 Å². The van der Waals surface area contributed by atoms with Gasteiger partial charge in [0.05, 0.1) is 6.20 Å². The molecule has 1 fully saturated rings. The molecule has 1 amide bonds. The molecular weight excluding hydrogens is 180 g/mol. The summed E-state index contributed by atoms with van der Waals surface area (Å²) in [4.78, 5) is 13.8. The van der Waals surface area contributed by atoms with Gasteiger partial charge in [-0.2, -0.15) is 15.4 Å². The van der Waals surface area contributed by atoms with E-state index in [0.29, 0.717) is 11.7 Å². The predicted octanol–water partition coefficient (Wildman–Crippen LogP) is 0.819. The van der Waals surface area contributed by atoms with E-state index >= 15 is 0 Å². The van der Waals surface area contributed by atoms with Crippen LogP contribution in [0.3, 0.4) is 0 Å². The second-order valence-electron chi connectivity index (χ2n) is 3.56. The van der Waals surface area contributed by atoms with E-state index in [1.165, 1.54) is 6.20 Å². The molecule has 0 bridgehead atoms. The highest BCUT2D eigenvalue weighted by molar-refractivity contribution is 5.92. The summed E-state index contributed by atoms with van der Waals surface area (Å²) in [6, 6.07) is 0.388. The van der Waals surface area contributed by atoms with Crippen LogP contribution >= 0.6 is 0 Å². The maximum Gasteiger partial charge on any atom is 0.276 e. The summed E-state index contributed by atoms with van der Waals surface area (Å²) in [5, 5.41) is 9.90. The summed E-state index contributed by atoms with van der Waals surface area (Å²) in [7, 11) is 0. The van der Waals surface area contributed by atoms with Crippen LogP contribution in [0, 0.1) is 0 Å². The molecule has 0 saturated carbocycles. The molecule has 1 aliphatic heterocycles. The summed E-state index contributed by atoms with van der Waals surface area (Å²) in [5.41, 5.74) is 0.422. The molecule has 0 radical (unpaired) electrons.